The van der Waals surface area contributed by atoms with Gasteiger partial charge in [-0.3, -0.25) is 4.79 Å². The van der Waals surface area contributed by atoms with Crippen molar-refractivity contribution >= 4 is 5.91 Å². The zero-order valence-corrected chi connectivity index (χ0v) is 7.08. The van der Waals surface area contributed by atoms with E-state index in [2.05, 4.69) is 5.32 Å². The van der Waals surface area contributed by atoms with Crippen LogP contribution in [-0.2, 0) is 9.53 Å². The van der Waals surface area contributed by atoms with Crippen LogP contribution in [0.25, 0.3) is 0 Å². The summed E-state index contributed by atoms with van der Waals surface area (Å²) in [6, 6.07) is 0. The van der Waals surface area contributed by atoms with Gasteiger partial charge in [-0.25, -0.2) is 0 Å². The first-order chi connectivity index (χ1) is 5.84. The zero-order valence-electron chi connectivity index (χ0n) is 7.08. The summed E-state index contributed by atoms with van der Waals surface area (Å²) in [7, 11) is 0. The number of hydrogen-bond donors (Lipinski definition) is 2. The molecule has 0 aromatic rings. The maximum atomic E-state index is 11.3. The molecular formula is C8H15NO3. The Balaban J connectivity index is 2.20. The van der Waals surface area contributed by atoms with Crippen molar-refractivity contribution in [2.24, 2.45) is 5.92 Å². The monoisotopic (exact) mass is 173 g/mol. The highest BCUT2D eigenvalue weighted by atomic mass is 16.5. The lowest BCUT2D eigenvalue weighted by Gasteiger charge is -2.20. The van der Waals surface area contributed by atoms with Gasteiger partial charge in [0, 0.05) is 25.7 Å². The average Bonchev–Trinajstić information content (AvgIpc) is 2.15. The third-order valence-electron chi connectivity index (χ3n) is 2.00. The summed E-state index contributed by atoms with van der Waals surface area (Å²) >= 11 is 0. The number of ether oxygens (including phenoxy) is 1. The number of rotatable bonds is 3. The molecule has 0 aromatic carbocycles. The molecule has 4 nitrogen and oxygen atoms in total. The van der Waals surface area contributed by atoms with Gasteiger partial charge in [-0.05, 0) is 12.8 Å². The molecule has 0 bridgehead atoms. The van der Waals surface area contributed by atoms with Crippen molar-refractivity contribution < 1.29 is 14.6 Å². The highest BCUT2D eigenvalue weighted by Gasteiger charge is 2.20. The van der Waals surface area contributed by atoms with E-state index in [1.807, 2.05) is 0 Å². The molecule has 0 spiro atoms. The fourth-order valence-corrected chi connectivity index (χ4v) is 1.28. The zero-order chi connectivity index (χ0) is 8.81. The molecule has 0 atom stereocenters. The molecule has 0 aromatic heterocycles. The van der Waals surface area contributed by atoms with Crippen LogP contribution in [0, 0.1) is 5.92 Å². The molecule has 1 amide bonds. The number of amides is 1. The van der Waals surface area contributed by atoms with Gasteiger partial charge in [-0.15, -0.1) is 0 Å². The van der Waals surface area contributed by atoms with E-state index in [9.17, 15) is 4.79 Å². The standard InChI is InChI=1S/C8H15NO3/c10-4-3-9-8(11)7-1-5-12-6-2-7/h7,10H,1-6H2,(H,9,11). The normalized spacial score (nSPS) is 19.1. The van der Waals surface area contributed by atoms with Gasteiger partial charge < -0.3 is 15.2 Å². The Labute approximate surface area is 71.9 Å². The molecule has 0 radical (unpaired) electrons. The van der Waals surface area contributed by atoms with Gasteiger partial charge in [-0.1, -0.05) is 0 Å². The molecular weight excluding hydrogens is 158 g/mol. The number of aliphatic hydroxyl groups is 1. The molecule has 0 saturated carbocycles. The van der Waals surface area contributed by atoms with Crippen molar-refractivity contribution in [2.45, 2.75) is 12.8 Å². The summed E-state index contributed by atoms with van der Waals surface area (Å²) in [5.41, 5.74) is 0. The average molecular weight is 173 g/mol. The second kappa shape index (κ2) is 5.11. The smallest absolute Gasteiger partial charge is 0.223 e. The first-order valence-electron chi connectivity index (χ1n) is 4.31. The van der Waals surface area contributed by atoms with Crippen LogP contribution in [-0.4, -0.2) is 37.4 Å². The van der Waals surface area contributed by atoms with Crippen molar-refractivity contribution in [3.8, 4) is 0 Å². The van der Waals surface area contributed by atoms with E-state index in [1.54, 1.807) is 0 Å². The summed E-state index contributed by atoms with van der Waals surface area (Å²) in [5, 5.41) is 11.1. The topological polar surface area (TPSA) is 58.6 Å². The van der Waals surface area contributed by atoms with Crippen LogP contribution < -0.4 is 5.32 Å². The Morgan fingerprint density at radius 3 is 2.75 bits per heavy atom. The third kappa shape index (κ3) is 2.79. The summed E-state index contributed by atoms with van der Waals surface area (Å²) in [6.07, 6.45) is 1.61. The lowest BCUT2D eigenvalue weighted by Crippen LogP contribution is -2.35. The maximum absolute atomic E-state index is 11.3. The Morgan fingerprint density at radius 1 is 1.50 bits per heavy atom. The van der Waals surface area contributed by atoms with E-state index in [0.717, 1.165) is 12.8 Å². The van der Waals surface area contributed by atoms with Gasteiger partial charge in [0.25, 0.3) is 0 Å². The van der Waals surface area contributed by atoms with Gasteiger partial charge in [0.2, 0.25) is 5.91 Å². The van der Waals surface area contributed by atoms with Crippen LogP contribution in [0.5, 0.6) is 0 Å². The summed E-state index contributed by atoms with van der Waals surface area (Å²) in [6.45, 7) is 1.72. The van der Waals surface area contributed by atoms with Gasteiger partial charge in [-0.2, -0.15) is 0 Å². The molecule has 1 rings (SSSR count). The Hall–Kier alpha value is -0.610. The molecule has 4 heteroatoms. The molecule has 12 heavy (non-hydrogen) atoms. The molecule has 0 aliphatic carbocycles. The first-order valence-corrected chi connectivity index (χ1v) is 4.31. The number of aliphatic hydroxyl groups excluding tert-OH is 1. The second-order valence-electron chi connectivity index (χ2n) is 2.90. The number of nitrogens with one attached hydrogen (secondary N) is 1. The van der Waals surface area contributed by atoms with Gasteiger partial charge in [0.1, 0.15) is 0 Å². The van der Waals surface area contributed by atoms with E-state index >= 15 is 0 Å². The van der Waals surface area contributed by atoms with Crippen molar-refractivity contribution in [3.63, 3.8) is 0 Å². The molecule has 1 aliphatic rings. The summed E-state index contributed by atoms with van der Waals surface area (Å²) in [4.78, 5) is 11.3. The number of carbonyl (C=O) groups excluding carboxylic acids is 1. The second-order valence-corrected chi connectivity index (χ2v) is 2.90. The van der Waals surface area contributed by atoms with Crippen LogP contribution in [0.1, 0.15) is 12.8 Å². The van der Waals surface area contributed by atoms with Crippen molar-refractivity contribution in [3.05, 3.63) is 0 Å². The van der Waals surface area contributed by atoms with Gasteiger partial charge in [0.15, 0.2) is 0 Å². The molecule has 2 N–H and O–H groups in total. The molecule has 70 valence electrons. The van der Waals surface area contributed by atoms with Crippen LogP contribution in [0.3, 0.4) is 0 Å². The summed E-state index contributed by atoms with van der Waals surface area (Å²) in [5.74, 6) is 0.137. The van der Waals surface area contributed by atoms with E-state index in [4.69, 9.17) is 9.84 Å². The van der Waals surface area contributed by atoms with E-state index in [1.165, 1.54) is 0 Å². The molecule has 1 fully saturated rings. The minimum absolute atomic E-state index is 0.00889. The summed E-state index contributed by atoms with van der Waals surface area (Å²) < 4.78 is 5.12. The predicted octanol–water partition coefficient (Wildman–Crippen LogP) is -0.479. The van der Waals surface area contributed by atoms with Crippen LogP contribution in [0.15, 0.2) is 0 Å². The fourth-order valence-electron chi connectivity index (χ4n) is 1.28. The molecule has 1 aliphatic heterocycles. The number of hydrogen-bond acceptors (Lipinski definition) is 3. The largest absolute Gasteiger partial charge is 0.395 e. The Bertz CT molecular complexity index is 143. The Kier molecular flexibility index (Phi) is 4.04. The van der Waals surface area contributed by atoms with E-state index in [-0.39, 0.29) is 18.4 Å². The van der Waals surface area contributed by atoms with Crippen molar-refractivity contribution in [2.75, 3.05) is 26.4 Å². The lowest BCUT2D eigenvalue weighted by atomic mass is 9.99. The van der Waals surface area contributed by atoms with Crippen LogP contribution in [0.4, 0.5) is 0 Å². The van der Waals surface area contributed by atoms with Crippen LogP contribution >= 0.6 is 0 Å². The van der Waals surface area contributed by atoms with Gasteiger partial charge >= 0.3 is 0 Å². The quantitative estimate of drug-likeness (QED) is 0.606. The Morgan fingerprint density at radius 2 is 2.17 bits per heavy atom. The predicted molar refractivity (Wildman–Crippen MR) is 43.6 cm³/mol. The van der Waals surface area contributed by atoms with Crippen LogP contribution in [0.2, 0.25) is 0 Å². The molecule has 0 unspecified atom stereocenters. The minimum atomic E-state index is 0.00889. The van der Waals surface area contributed by atoms with Crippen molar-refractivity contribution in [1.82, 2.24) is 5.32 Å². The van der Waals surface area contributed by atoms with E-state index in [0.29, 0.717) is 19.8 Å². The van der Waals surface area contributed by atoms with Crippen molar-refractivity contribution in [1.29, 1.82) is 0 Å². The van der Waals surface area contributed by atoms with E-state index < -0.39 is 0 Å². The molecule has 1 heterocycles. The van der Waals surface area contributed by atoms with Gasteiger partial charge in [0.05, 0.1) is 6.61 Å². The molecule has 1 saturated heterocycles. The lowest BCUT2D eigenvalue weighted by molar-refractivity contribution is -0.127. The maximum Gasteiger partial charge on any atom is 0.223 e. The highest BCUT2D eigenvalue weighted by molar-refractivity contribution is 5.78. The number of carbonyl (C=O) groups is 1. The third-order valence-corrected chi connectivity index (χ3v) is 2.00. The highest BCUT2D eigenvalue weighted by Crippen LogP contribution is 2.13. The minimum Gasteiger partial charge on any atom is -0.395 e. The fraction of sp³-hybridized carbons (Fsp3) is 0.875. The first kappa shape index (κ1) is 9.48. The SMILES string of the molecule is O=C(NCCO)C1CCOCC1.